The molecule has 0 saturated carbocycles. The van der Waals surface area contributed by atoms with Crippen molar-refractivity contribution in [2.24, 2.45) is 0 Å². The van der Waals surface area contributed by atoms with E-state index in [1.165, 1.54) is 12.1 Å². The van der Waals surface area contributed by atoms with Crippen LogP contribution in [0.1, 0.15) is 0 Å². The van der Waals surface area contributed by atoms with Gasteiger partial charge in [0.2, 0.25) is 5.91 Å². The fraction of sp³-hybridized carbons (Fsp3) is 0.235. The molecule has 5 nitrogen and oxygen atoms in total. The summed E-state index contributed by atoms with van der Waals surface area (Å²) in [5.74, 6) is -0.286. The average Bonchev–Trinajstić information content (AvgIpc) is 2.55. The van der Waals surface area contributed by atoms with Gasteiger partial charge in [0.1, 0.15) is 0 Å². The third kappa shape index (κ3) is 6.11. The van der Waals surface area contributed by atoms with E-state index in [0.717, 1.165) is 4.47 Å². The Labute approximate surface area is 161 Å². The molecule has 0 aromatic heterocycles. The lowest BCUT2D eigenvalue weighted by molar-refractivity contribution is -0.117. The molecule has 1 amide bonds. The van der Waals surface area contributed by atoms with E-state index in [-0.39, 0.29) is 29.6 Å². The van der Waals surface area contributed by atoms with Crippen LogP contribution in [-0.4, -0.2) is 45.1 Å². The molecule has 0 atom stereocenters. The minimum atomic E-state index is -3.41. The molecule has 0 radical (unpaired) electrons. The van der Waals surface area contributed by atoms with Gasteiger partial charge in [-0.1, -0.05) is 23.7 Å². The average molecular weight is 446 g/mol. The van der Waals surface area contributed by atoms with Crippen LogP contribution in [0.5, 0.6) is 0 Å². The van der Waals surface area contributed by atoms with Crippen molar-refractivity contribution in [2.45, 2.75) is 4.90 Å². The minimum Gasteiger partial charge on any atom is -0.324 e. The predicted octanol–water partition coefficient (Wildman–Crippen LogP) is 3.45. The summed E-state index contributed by atoms with van der Waals surface area (Å²) >= 11 is 9.14. The van der Waals surface area contributed by atoms with Crippen LogP contribution in [0.4, 0.5) is 5.69 Å². The number of hydrogen-bond acceptors (Lipinski definition) is 4. The smallest absolute Gasteiger partial charge is 0.238 e. The molecule has 0 saturated heterocycles. The van der Waals surface area contributed by atoms with E-state index in [2.05, 4.69) is 21.2 Å². The Balaban J connectivity index is 1.87. The van der Waals surface area contributed by atoms with Crippen molar-refractivity contribution >= 4 is 49.0 Å². The van der Waals surface area contributed by atoms with Crippen molar-refractivity contribution in [1.29, 1.82) is 0 Å². The zero-order valence-corrected chi connectivity index (χ0v) is 16.7. The van der Waals surface area contributed by atoms with E-state index in [4.69, 9.17) is 11.6 Å². The first-order valence-electron chi connectivity index (χ1n) is 7.49. The maximum absolute atomic E-state index is 12.3. The largest absolute Gasteiger partial charge is 0.324 e. The first kappa shape index (κ1) is 19.9. The number of rotatable bonds is 7. The molecule has 2 aromatic rings. The molecular weight excluding hydrogens is 428 g/mol. The number of sulfone groups is 1. The molecule has 25 heavy (non-hydrogen) atoms. The van der Waals surface area contributed by atoms with Crippen LogP contribution < -0.4 is 5.32 Å². The van der Waals surface area contributed by atoms with Crippen LogP contribution in [0.3, 0.4) is 0 Å². The first-order valence-corrected chi connectivity index (χ1v) is 10.3. The maximum Gasteiger partial charge on any atom is 0.238 e. The maximum atomic E-state index is 12.3. The standard InChI is InChI=1S/C17H18BrClN2O3S/c1-21(12-17(22)20-16-5-3-2-4-15(16)18)10-11-25(23,24)14-8-6-13(19)7-9-14/h2-9H,10-12H2,1H3,(H,20,22). The molecule has 1 N–H and O–H groups in total. The molecule has 2 rings (SSSR count). The number of anilines is 1. The molecule has 0 fully saturated rings. The van der Waals surface area contributed by atoms with Gasteiger partial charge >= 0.3 is 0 Å². The highest BCUT2D eigenvalue weighted by atomic mass is 79.9. The lowest BCUT2D eigenvalue weighted by atomic mass is 10.3. The lowest BCUT2D eigenvalue weighted by Crippen LogP contribution is -2.33. The normalized spacial score (nSPS) is 11.5. The van der Waals surface area contributed by atoms with Crippen molar-refractivity contribution in [3.63, 3.8) is 0 Å². The van der Waals surface area contributed by atoms with Crippen molar-refractivity contribution in [3.8, 4) is 0 Å². The molecule has 0 bridgehead atoms. The van der Waals surface area contributed by atoms with Crippen LogP contribution in [0, 0.1) is 0 Å². The van der Waals surface area contributed by atoms with Crippen molar-refractivity contribution in [3.05, 3.63) is 58.0 Å². The fourth-order valence-electron chi connectivity index (χ4n) is 2.11. The number of halogens is 2. The van der Waals surface area contributed by atoms with Gasteiger partial charge in [-0.2, -0.15) is 0 Å². The Morgan fingerprint density at radius 2 is 1.80 bits per heavy atom. The summed E-state index contributed by atoms with van der Waals surface area (Å²) in [6.45, 7) is 0.339. The van der Waals surface area contributed by atoms with E-state index in [9.17, 15) is 13.2 Å². The second-order valence-electron chi connectivity index (χ2n) is 5.54. The van der Waals surface area contributed by atoms with Gasteiger partial charge in [-0.05, 0) is 59.4 Å². The predicted molar refractivity (Wildman–Crippen MR) is 104 cm³/mol. The number of amides is 1. The number of carbonyl (C=O) groups is 1. The van der Waals surface area contributed by atoms with Crippen LogP contribution in [-0.2, 0) is 14.6 Å². The topological polar surface area (TPSA) is 66.5 Å². The Hall–Kier alpha value is -1.41. The van der Waals surface area contributed by atoms with Crippen LogP contribution >= 0.6 is 27.5 Å². The highest BCUT2D eigenvalue weighted by molar-refractivity contribution is 9.10. The molecule has 0 unspecified atom stereocenters. The van der Waals surface area contributed by atoms with E-state index in [1.807, 2.05) is 18.2 Å². The Morgan fingerprint density at radius 1 is 1.16 bits per heavy atom. The molecule has 8 heteroatoms. The number of para-hydroxylation sites is 1. The fourth-order valence-corrected chi connectivity index (χ4v) is 3.96. The summed E-state index contributed by atoms with van der Waals surface area (Å²) in [6, 6.07) is 13.3. The third-order valence-electron chi connectivity index (χ3n) is 3.48. The summed E-state index contributed by atoms with van der Waals surface area (Å²) in [5.41, 5.74) is 0.676. The second-order valence-corrected chi connectivity index (χ2v) is 8.94. The van der Waals surface area contributed by atoms with Gasteiger partial charge in [-0.15, -0.1) is 0 Å². The van der Waals surface area contributed by atoms with Crippen molar-refractivity contribution in [2.75, 3.05) is 31.2 Å². The van der Waals surface area contributed by atoms with Crippen LogP contribution in [0.15, 0.2) is 57.9 Å². The Bertz CT molecular complexity index is 841. The molecule has 0 spiro atoms. The van der Waals surface area contributed by atoms with E-state index < -0.39 is 9.84 Å². The van der Waals surface area contributed by atoms with Gasteiger partial charge in [0, 0.05) is 16.0 Å². The highest BCUT2D eigenvalue weighted by Gasteiger charge is 2.16. The second kappa shape index (κ2) is 8.80. The highest BCUT2D eigenvalue weighted by Crippen LogP contribution is 2.21. The third-order valence-corrected chi connectivity index (χ3v) is 6.13. The Morgan fingerprint density at radius 3 is 2.44 bits per heavy atom. The van der Waals surface area contributed by atoms with Gasteiger partial charge in [0.15, 0.2) is 9.84 Å². The van der Waals surface area contributed by atoms with Crippen LogP contribution in [0.25, 0.3) is 0 Å². The molecule has 0 aliphatic heterocycles. The number of nitrogens with zero attached hydrogens (tertiary/aromatic N) is 1. The van der Waals surface area contributed by atoms with E-state index in [1.54, 1.807) is 30.1 Å². The molecule has 2 aromatic carbocycles. The Kier molecular flexibility index (Phi) is 7.01. The van der Waals surface area contributed by atoms with Gasteiger partial charge in [0.25, 0.3) is 0 Å². The summed E-state index contributed by atoms with van der Waals surface area (Å²) in [6.07, 6.45) is 0. The number of likely N-dealkylation sites (N-methyl/N-ethyl adjacent to an activating group) is 1. The van der Waals surface area contributed by atoms with Gasteiger partial charge in [-0.25, -0.2) is 8.42 Å². The summed E-state index contributed by atoms with van der Waals surface area (Å²) < 4.78 is 25.4. The van der Waals surface area contributed by atoms with Crippen LogP contribution in [0.2, 0.25) is 5.02 Å². The molecular formula is C17H18BrClN2O3S. The molecule has 134 valence electrons. The van der Waals surface area contributed by atoms with Gasteiger partial charge in [-0.3, -0.25) is 9.69 Å². The number of benzene rings is 2. The summed E-state index contributed by atoms with van der Waals surface area (Å²) in [5, 5.41) is 3.27. The minimum absolute atomic E-state index is 0.0759. The monoisotopic (exact) mass is 444 g/mol. The van der Waals surface area contributed by atoms with Crippen molar-refractivity contribution in [1.82, 2.24) is 4.90 Å². The number of carbonyl (C=O) groups excluding carboxylic acids is 1. The van der Waals surface area contributed by atoms with Gasteiger partial charge < -0.3 is 5.32 Å². The molecule has 0 heterocycles. The van der Waals surface area contributed by atoms with Crippen molar-refractivity contribution < 1.29 is 13.2 Å². The number of hydrogen-bond donors (Lipinski definition) is 1. The molecule has 0 aliphatic rings. The molecule has 0 aliphatic carbocycles. The van der Waals surface area contributed by atoms with Gasteiger partial charge in [0.05, 0.1) is 22.9 Å². The first-order chi connectivity index (χ1) is 11.8. The quantitative estimate of drug-likeness (QED) is 0.709. The van der Waals surface area contributed by atoms with E-state index in [0.29, 0.717) is 10.7 Å². The lowest BCUT2D eigenvalue weighted by Gasteiger charge is -2.16. The summed E-state index contributed by atoms with van der Waals surface area (Å²) in [4.78, 5) is 14.0. The SMILES string of the molecule is CN(CCS(=O)(=O)c1ccc(Cl)cc1)CC(=O)Nc1ccccc1Br. The van der Waals surface area contributed by atoms with E-state index >= 15 is 0 Å². The zero-order valence-electron chi connectivity index (χ0n) is 13.6. The zero-order chi connectivity index (χ0) is 18.4. The summed E-state index contributed by atoms with van der Waals surface area (Å²) in [7, 11) is -1.71. The number of nitrogens with one attached hydrogen (secondary N) is 1.